The van der Waals surface area contributed by atoms with Crippen LogP contribution in [0.25, 0.3) is 0 Å². The van der Waals surface area contributed by atoms with E-state index < -0.39 is 11.4 Å². The Morgan fingerprint density at radius 1 is 1.13 bits per heavy atom. The van der Waals surface area contributed by atoms with Crippen molar-refractivity contribution < 1.29 is 19.8 Å². The zero-order valence-corrected chi connectivity index (χ0v) is 18.4. The lowest BCUT2D eigenvalue weighted by atomic mass is 9.44. The highest BCUT2D eigenvalue weighted by Gasteiger charge is 2.58. The van der Waals surface area contributed by atoms with Gasteiger partial charge >= 0.3 is 5.97 Å². The summed E-state index contributed by atoms with van der Waals surface area (Å²) in [6.07, 6.45) is 8.04. The molecule has 3 N–H and O–H groups in total. The zero-order chi connectivity index (χ0) is 22.0. The van der Waals surface area contributed by atoms with Crippen LogP contribution in [0.15, 0.2) is 36.0 Å². The number of carboxylic acids is 1. The van der Waals surface area contributed by atoms with Gasteiger partial charge in [-0.15, -0.1) is 0 Å². The molecule has 0 bridgehead atoms. The van der Waals surface area contributed by atoms with E-state index in [1.54, 1.807) is 0 Å². The Morgan fingerprint density at radius 2 is 1.90 bits per heavy atom. The van der Waals surface area contributed by atoms with Gasteiger partial charge in [-0.3, -0.25) is 9.59 Å². The SMILES string of the molecule is C[C@]12CC[C@@H](O)C[C@H]1CC[C@@H]1[C@@H](/C=C3/Nc4ccccc4C3=O)[C@@](C)(C(=O)O)CC[C@@H]12. The topological polar surface area (TPSA) is 86.6 Å². The molecule has 1 heterocycles. The van der Waals surface area contributed by atoms with Crippen LogP contribution in [0.2, 0.25) is 0 Å². The van der Waals surface area contributed by atoms with Crippen molar-refractivity contribution >= 4 is 17.4 Å². The third-order valence-electron chi connectivity index (χ3n) is 9.41. The Bertz CT molecular complexity index is 954. The monoisotopic (exact) mass is 423 g/mol. The van der Waals surface area contributed by atoms with E-state index in [9.17, 15) is 19.8 Å². The first kappa shape index (κ1) is 20.7. The fraction of sp³-hybridized carbons (Fsp3) is 0.615. The predicted molar refractivity (Wildman–Crippen MR) is 119 cm³/mol. The minimum atomic E-state index is -0.873. The number of carboxylic acid groups (broad SMARTS) is 1. The van der Waals surface area contributed by atoms with E-state index in [0.717, 1.165) is 44.2 Å². The molecule has 0 aromatic heterocycles. The van der Waals surface area contributed by atoms with Crippen LogP contribution < -0.4 is 5.32 Å². The normalized spacial score (nSPS) is 43.0. The summed E-state index contributed by atoms with van der Waals surface area (Å²) in [6.45, 7) is 4.25. The van der Waals surface area contributed by atoms with E-state index in [1.807, 2.05) is 37.3 Å². The van der Waals surface area contributed by atoms with Crippen molar-refractivity contribution in [2.45, 2.75) is 64.9 Å². The lowest BCUT2D eigenvalue weighted by Crippen LogP contribution is -2.55. The van der Waals surface area contributed by atoms with Gasteiger partial charge in [0.05, 0.1) is 17.2 Å². The Hall–Kier alpha value is -2.14. The summed E-state index contributed by atoms with van der Waals surface area (Å²) in [4.78, 5) is 25.5. The molecule has 0 saturated heterocycles. The number of rotatable bonds is 2. The number of hydrogen-bond donors (Lipinski definition) is 3. The van der Waals surface area contributed by atoms with E-state index in [0.29, 0.717) is 29.5 Å². The lowest BCUT2D eigenvalue weighted by molar-refractivity contribution is -0.164. The maximum Gasteiger partial charge on any atom is 0.309 e. The van der Waals surface area contributed by atoms with Gasteiger partial charge < -0.3 is 15.5 Å². The van der Waals surface area contributed by atoms with Crippen molar-refractivity contribution in [3.8, 4) is 0 Å². The average molecular weight is 424 g/mol. The largest absolute Gasteiger partial charge is 0.481 e. The molecule has 3 saturated carbocycles. The Balaban J connectivity index is 1.52. The summed E-state index contributed by atoms with van der Waals surface area (Å²) < 4.78 is 0. The van der Waals surface area contributed by atoms with Crippen molar-refractivity contribution in [3.05, 3.63) is 41.6 Å². The van der Waals surface area contributed by atoms with Crippen molar-refractivity contribution in [2.24, 2.45) is 34.5 Å². The molecule has 5 nitrogen and oxygen atoms in total. The molecular weight excluding hydrogens is 390 g/mol. The predicted octanol–water partition coefficient (Wildman–Crippen LogP) is 4.87. The molecule has 3 fully saturated rings. The number of carbonyl (C=O) groups is 2. The smallest absolute Gasteiger partial charge is 0.309 e. The molecule has 1 aromatic carbocycles. The first-order chi connectivity index (χ1) is 14.7. The van der Waals surface area contributed by atoms with Gasteiger partial charge in [0.15, 0.2) is 0 Å². The molecule has 0 radical (unpaired) electrons. The quantitative estimate of drug-likeness (QED) is 0.591. The van der Waals surface area contributed by atoms with Gasteiger partial charge in [-0.25, -0.2) is 0 Å². The summed E-state index contributed by atoms with van der Waals surface area (Å²) in [6, 6.07) is 7.48. The van der Waals surface area contributed by atoms with Crippen molar-refractivity contribution in [1.29, 1.82) is 0 Å². The van der Waals surface area contributed by atoms with Crippen LogP contribution in [0.5, 0.6) is 0 Å². The minimum Gasteiger partial charge on any atom is -0.481 e. The Labute approximate surface area is 183 Å². The van der Waals surface area contributed by atoms with Crippen LogP contribution in [0, 0.1) is 34.5 Å². The maximum atomic E-state index is 13.0. The molecule has 5 rings (SSSR count). The number of benzene rings is 1. The number of carbonyl (C=O) groups excluding carboxylic acids is 1. The number of aliphatic hydroxyl groups is 1. The summed E-state index contributed by atoms with van der Waals surface area (Å²) in [5.41, 5.74) is 1.28. The van der Waals surface area contributed by atoms with Gasteiger partial charge in [0.2, 0.25) is 5.78 Å². The molecule has 0 unspecified atom stereocenters. The third-order valence-corrected chi connectivity index (χ3v) is 9.41. The Morgan fingerprint density at radius 3 is 2.65 bits per heavy atom. The van der Waals surface area contributed by atoms with Gasteiger partial charge in [0, 0.05) is 11.3 Å². The molecule has 4 aliphatic rings. The third kappa shape index (κ3) is 3.07. The minimum absolute atomic E-state index is 0.0360. The van der Waals surface area contributed by atoms with Crippen LogP contribution in [0.4, 0.5) is 5.69 Å². The summed E-state index contributed by atoms with van der Waals surface area (Å²) >= 11 is 0. The number of Topliss-reactive ketones (excluding diaryl/α,β-unsaturated/α-hetero) is 1. The van der Waals surface area contributed by atoms with Gasteiger partial charge in [-0.1, -0.05) is 25.1 Å². The highest BCUT2D eigenvalue weighted by molar-refractivity contribution is 6.18. The molecule has 3 aliphatic carbocycles. The number of nitrogens with one attached hydrogen (secondary N) is 1. The second kappa shape index (κ2) is 7.19. The molecule has 5 heteroatoms. The number of allylic oxidation sites excluding steroid dienone is 2. The second-order valence-electron chi connectivity index (χ2n) is 10.8. The zero-order valence-electron chi connectivity index (χ0n) is 18.4. The molecular formula is C26H33NO4. The molecule has 0 amide bonds. The number of fused-ring (bicyclic) bond motifs is 4. The highest BCUT2D eigenvalue weighted by atomic mass is 16.4. The number of anilines is 1. The lowest BCUT2D eigenvalue weighted by Gasteiger charge is -2.60. The van der Waals surface area contributed by atoms with Gasteiger partial charge in [0.1, 0.15) is 0 Å². The van der Waals surface area contributed by atoms with Crippen molar-refractivity contribution in [1.82, 2.24) is 0 Å². The average Bonchev–Trinajstić information content (AvgIpc) is 3.06. The first-order valence-corrected chi connectivity index (χ1v) is 11.8. The Kier molecular flexibility index (Phi) is 4.81. The van der Waals surface area contributed by atoms with E-state index in [1.165, 1.54) is 0 Å². The van der Waals surface area contributed by atoms with E-state index >= 15 is 0 Å². The van der Waals surface area contributed by atoms with Crippen LogP contribution in [0.3, 0.4) is 0 Å². The standard InChI is InChI=1S/C26H33NO4/c1-25-11-9-16(28)13-15(25)7-8-17-19(25)10-12-26(2,24(30)31)20(17)14-22-23(29)18-5-3-4-6-21(18)27-22/h3-6,14-17,19-20,27-28H,7-13H2,1-2H3,(H,30,31)/b22-14+/t15-,16-,17+,19+,20-,25+,26+/m1/s1. The maximum absolute atomic E-state index is 13.0. The van der Waals surface area contributed by atoms with Crippen molar-refractivity contribution in [2.75, 3.05) is 5.32 Å². The highest BCUT2D eigenvalue weighted by Crippen LogP contribution is 2.63. The fourth-order valence-corrected chi connectivity index (χ4v) is 7.48. The van der Waals surface area contributed by atoms with E-state index in [4.69, 9.17) is 0 Å². The number of aliphatic hydroxyl groups excluding tert-OH is 1. The van der Waals surface area contributed by atoms with Gasteiger partial charge in [-0.2, -0.15) is 0 Å². The summed E-state index contributed by atoms with van der Waals surface area (Å²) in [5, 5.41) is 23.7. The van der Waals surface area contributed by atoms with Crippen LogP contribution in [-0.4, -0.2) is 28.1 Å². The number of aliphatic carboxylic acids is 1. The first-order valence-electron chi connectivity index (χ1n) is 11.8. The molecule has 1 aliphatic heterocycles. The molecule has 1 aromatic rings. The molecule has 31 heavy (non-hydrogen) atoms. The van der Waals surface area contributed by atoms with Crippen molar-refractivity contribution in [3.63, 3.8) is 0 Å². The number of para-hydroxylation sites is 1. The molecule has 166 valence electrons. The number of hydrogen-bond acceptors (Lipinski definition) is 4. The summed E-state index contributed by atoms with van der Waals surface area (Å²) in [7, 11) is 0. The van der Waals surface area contributed by atoms with Crippen LogP contribution in [0.1, 0.15) is 69.2 Å². The van der Waals surface area contributed by atoms with E-state index in [2.05, 4.69) is 12.2 Å². The van der Waals surface area contributed by atoms with E-state index in [-0.39, 0.29) is 29.1 Å². The van der Waals surface area contributed by atoms with Gasteiger partial charge in [0.25, 0.3) is 0 Å². The van der Waals surface area contributed by atoms with Crippen LogP contribution >= 0.6 is 0 Å². The molecule has 0 spiro atoms. The van der Waals surface area contributed by atoms with Gasteiger partial charge in [-0.05, 0) is 93.1 Å². The molecule has 7 atom stereocenters. The van der Waals surface area contributed by atoms with Crippen LogP contribution in [-0.2, 0) is 4.79 Å². The fourth-order valence-electron chi connectivity index (χ4n) is 7.48. The second-order valence-corrected chi connectivity index (χ2v) is 10.8. The number of ketones is 1. The summed E-state index contributed by atoms with van der Waals surface area (Å²) in [5.74, 6) is 0.210.